The van der Waals surface area contributed by atoms with Crippen LogP contribution in [0.4, 0.5) is 0 Å². The van der Waals surface area contributed by atoms with Gasteiger partial charge in [0.05, 0.1) is 25.0 Å². The Morgan fingerprint density at radius 2 is 1.85 bits per heavy atom. The maximum Gasteiger partial charge on any atom is 0.253 e. The van der Waals surface area contributed by atoms with Gasteiger partial charge in [-0.2, -0.15) is 10.5 Å². The van der Waals surface area contributed by atoms with Crippen LogP contribution >= 0.6 is 0 Å². The van der Waals surface area contributed by atoms with Gasteiger partial charge in [-0.1, -0.05) is 0 Å². The van der Waals surface area contributed by atoms with Crippen molar-refractivity contribution in [2.24, 2.45) is 0 Å². The number of aromatic amines is 1. The number of amides is 1. The fourth-order valence-corrected chi connectivity index (χ4v) is 2.05. The molecule has 20 heavy (non-hydrogen) atoms. The molecule has 0 saturated heterocycles. The number of carbonyl (C=O) groups excluding carboxylic acids is 1. The average molecular weight is 266 g/mol. The molecule has 0 aliphatic rings. The Morgan fingerprint density at radius 3 is 2.50 bits per heavy atom. The predicted octanol–water partition coefficient (Wildman–Crippen LogP) is 2.44. The second kappa shape index (κ2) is 6.40. The number of nitrogens with one attached hydrogen (secondary N) is 1. The molecule has 0 radical (unpaired) electrons. The van der Waals surface area contributed by atoms with E-state index in [9.17, 15) is 4.79 Å². The molecule has 0 spiro atoms. The molecule has 1 aromatic carbocycles. The summed E-state index contributed by atoms with van der Waals surface area (Å²) in [6, 6.07) is 11.4. The van der Waals surface area contributed by atoms with Crippen molar-refractivity contribution in [1.82, 2.24) is 9.88 Å². The zero-order valence-electron chi connectivity index (χ0n) is 11.0. The molecule has 1 N–H and O–H groups in total. The van der Waals surface area contributed by atoms with Gasteiger partial charge in [0.1, 0.15) is 0 Å². The molecule has 5 heteroatoms. The highest BCUT2D eigenvalue weighted by Crippen LogP contribution is 2.16. The minimum Gasteiger partial charge on any atom is -0.361 e. The Labute approximate surface area is 117 Å². The number of fused-ring (bicyclic) bond motifs is 1. The standard InChI is InChI=1S/C15H14N4O/c16-6-1-9-19(10-2-7-17)15(20)13-3-4-14-12(11-13)5-8-18-14/h3-5,8,11,18H,1-2,9-10H2. The number of nitrogens with zero attached hydrogens (tertiary/aromatic N) is 3. The van der Waals surface area contributed by atoms with E-state index in [2.05, 4.69) is 4.98 Å². The molecule has 1 aromatic heterocycles. The summed E-state index contributed by atoms with van der Waals surface area (Å²) < 4.78 is 0. The van der Waals surface area contributed by atoms with Crippen LogP contribution in [0.3, 0.4) is 0 Å². The van der Waals surface area contributed by atoms with E-state index in [4.69, 9.17) is 10.5 Å². The molecule has 100 valence electrons. The Balaban J connectivity index is 2.20. The molecule has 2 rings (SSSR count). The van der Waals surface area contributed by atoms with Crippen LogP contribution in [0, 0.1) is 22.7 Å². The summed E-state index contributed by atoms with van der Waals surface area (Å²) in [7, 11) is 0. The SMILES string of the molecule is N#CCCN(CCC#N)C(=O)c1ccc2[nH]ccc2c1. The number of H-pyrrole nitrogens is 1. The summed E-state index contributed by atoms with van der Waals surface area (Å²) in [4.78, 5) is 17.0. The molecule has 0 atom stereocenters. The lowest BCUT2D eigenvalue weighted by Gasteiger charge is -2.20. The van der Waals surface area contributed by atoms with Crippen LogP contribution in [0.15, 0.2) is 30.5 Å². The largest absolute Gasteiger partial charge is 0.361 e. The van der Waals surface area contributed by atoms with E-state index in [-0.39, 0.29) is 18.7 Å². The molecule has 0 bridgehead atoms. The highest BCUT2D eigenvalue weighted by atomic mass is 16.2. The van der Waals surface area contributed by atoms with E-state index in [1.54, 1.807) is 11.0 Å². The van der Waals surface area contributed by atoms with Crippen molar-refractivity contribution >= 4 is 16.8 Å². The third-order valence-electron chi connectivity index (χ3n) is 3.07. The number of rotatable bonds is 5. The molecule has 0 unspecified atom stereocenters. The second-order valence-electron chi connectivity index (χ2n) is 4.39. The molecule has 0 aliphatic heterocycles. The average Bonchev–Trinajstić information content (AvgIpc) is 2.94. The van der Waals surface area contributed by atoms with Gasteiger partial charge in [-0.3, -0.25) is 4.79 Å². The zero-order valence-corrected chi connectivity index (χ0v) is 11.0. The van der Waals surface area contributed by atoms with Crippen LogP contribution < -0.4 is 0 Å². The van der Waals surface area contributed by atoms with Crippen LogP contribution in [0.5, 0.6) is 0 Å². The molecular formula is C15H14N4O. The fourth-order valence-electron chi connectivity index (χ4n) is 2.05. The molecule has 2 aromatic rings. The summed E-state index contributed by atoms with van der Waals surface area (Å²) in [6.07, 6.45) is 2.36. The lowest BCUT2D eigenvalue weighted by Crippen LogP contribution is -2.32. The van der Waals surface area contributed by atoms with Crippen LogP contribution in [0.2, 0.25) is 0 Å². The first kappa shape index (κ1) is 13.6. The number of nitriles is 2. The number of hydrogen-bond donors (Lipinski definition) is 1. The van der Waals surface area contributed by atoms with Crippen molar-refractivity contribution in [2.75, 3.05) is 13.1 Å². The van der Waals surface area contributed by atoms with Gasteiger partial charge >= 0.3 is 0 Å². The van der Waals surface area contributed by atoms with Crippen molar-refractivity contribution in [3.8, 4) is 12.1 Å². The minimum atomic E-state index is -0.140. The van der Waals surface area contributed by atoms with Crippen molar-refractivity contribution < 1.29 is 4.79 Å². The predicted molar refractivity (Wildman–Crippen MR) is 74.7 cm³/mol. The van der Waals surface area contributed by atoms with Crippen molar-refractivity contribution in [3.05, 3.63) is 36.0 Å². The topological polar surface area (TPSA) is 83.7 Å². The summed E-state index contributed by atoms with van der Waals surface area (Å²) in [5.41, 5.74) is 1.55. The van der Waals surface area contributed by atoms with Gasteiger partial charge < -0.3 is 9.88 Å². The Morgan fingerprint density at radius 1 is 1.15 bits per heavy atom. The van der Waals surface area contributed by atoms with Crippen LogP contribution in [0.25, 0.3) is 10.9 Å². The molecule has 0 aliphatic carbocycles. The van der Waals surface area contributed by atoms with Crippen LogP contribution in [-0.2, 0) is 0 Å². The second-order valence-corrected chi connectivity index (χ2v) is 4.39. The third-order valence-corrected chi connectivity index (χ3v) is 3.07. The molecule has 0 fully saturated rings. The minimum absolute atomic E-state index is 0.140. The van der Waals surface area contributed by atoms with Crippen molar-refractivity contribution in [2.45, 2.75) is 12.8 Å². The van der Waals surface area contributed by atoms with E-state index in [1.807, 2.05) is 36.5 Å². The maximum atomic E-state index is 12.4. The van der Waals surface area contributed by atoms with E-state index >= 15 is 0 Å². The monoisotopic (exact) mass is 266 g/mol. The van der Waals surface area contributed by atoms with Gasteiger partial charge in [-0.25, -0.2) is 0 Å². The summed E-state index contributed by atoms with van der Waals surface area (Å²) >= 11 is 0. The lowest BCUT2D eigenvalue weighted by molar-refractivity contribution is 0.0762. The smallest absolute Gasteiger partial charge is 0.253 e. The molecule has 1 amide bonds. The first-order valence-corrected chi connectivity index (χ1v) is 6.36. The fraction of sp³-hybridized carbons (Fsp3) is 0.267. The number of hydrogen-bond acceptors (Lipinski definition) is 3. The Hall–Kier alpha value is -2.79. The van der Waals surface area contributed by atoms with Gasteiger partial charge in [-0.15, -0.1) is 0 Å². The van der Waals surface area contributed by atoms with Gasteiger partial charge in [0, 0.05) is 35.8 Å². The number of aromatic nitrogens is 1. The van der Waals surface area contributed by atoms with Gasteiger partial charge in [0.2, 0.25) is 0 Å². The first-order chi connectivity index (χ1) is 9.76. The van der Waals surface area contributed by atoms with Gasteiger partial charge in [0.15, 0.2) is 0 Å². The highest BCUT2D eigenvalue weighted by Gasteiger charge is 2.15. The molecular weight excluding hydrogens is 252 g/mol. The highest BCUT2D eigenvalue weighted by molar-refractivity contribution is 5.98. The lowest BCUT2D eigenvalue weighted by atomic mass is 10.1. The summed E-state index contributed by atoms with van der Waals surface area (Å²) in [5.74, 6) is -0.140. The number of benzene rings is 1. The Kier molecular flexibility index (Phi) is 4.36. The van der Waals surface area contributed by atoms with E-state index in [0.717, 1.165) is 10.9 Å². The number of carbonyl (C=O) groups is 1. The van der Waals surface area contributed by atoms with Crippen molar-refractivity contribution in [3.63, 3.8) is 0 Å². The van der Waals surface area contributed by atoms with E-state index in [1.165, 1.54) is 0 Å². The summed E-state index contributed by atoms with van der Waals surface area (Å²) in [6.45, 7) is 0.699. The summed E-state index contributed by atoms with van der Waals surface area (Å²) in [5, 5.41) is 18.3. The molecule has 1 heterocycles. The maximum absolute atomic E-state index is 12.4. The normalized spacial score (nSPS) is 9.90. The van der Waals surface area contributed by atoms with Gasteiger partial charge in [-0.05, 0) is 24.3 Å². The van der Waals surface area contributed by atoms with E-state index in [0.29, 0.717) is 18.7 Å². The third kappa shape index (κ3) is 2.96. The molecule has 5 nitrogen and oxygen atoms in total. The van der Waals surface area contributed by atoms with Crippen LogP contribution in [0.1, 0.15) is 23.2 Å². The molecule has 0 saturated carbocycles. The zero-order chi connectivity index (χ0) is 14.4. The van der Waals surface area contributed by atoms with Gasteiger partial charge in [0.25, 0.3) is 5.91 Å². The van der Waals surface area contributed by atoms with Crippen LogP contribution in [-0.4, -0.2) is 28.9 Å². The van der Waals surface area contributed by atoms with E-state index < -0.39 is 0 Å². The Bertz CT molecular complexity index is 672. The quantitative estimate of drug-likeness (QED) is 0.902. The first-order valence-electron chi connectivity index (χ1n) is 6.36. The van der Waals surface area contributed by atoms with Crippen molar-refractivity contribution in [1.29, 1.82) is 10.5 Å².